The molecular formula is C20H18Cl2N4O2S. The lowest BCUT2D eigenvalue weighted by Crippen LogP contribution is -2.47. The van der Waals surface area contributed by atoms with Crippen LogP contribution >= 0.6 is 34.5 Å². The zero-order valence-corrected chi connectivity index (χ0v) is 17.5. The molecule has 0 saturated carbocycles. The zero-order valence-electron chi connectivity index (χ0n) is 15.2. The van der Waals surface area contributed by atoms with Crippen LogP contribution < -0.4 is 16.0 Å². The Hall–Kier alpha value is -2.48. The van der Waals surface area contributed by atoms with Crippen LogP contribution in [-0.2, 0) is 6.42 Å². The highest BCUT2D eigenvalue weighted by atomic mass is 35.5. The van der Waals surface area contributed by atoms with Crippen molar-refractivity contribution in [3.63, 3.8) is 0 Å². The molecule has 0 radical (unpaired) electrons. The molecule has 0 saturated heterocycles. The topological polar surface area (TPSA) is 86.0 Å². The van der Waals surface area contributed by atoms with Gasteiger partial charge in [0, 0.05) is 6.54 Å². The summed E-state index contributed by atoms with van der Waals surface area (Å²) in [4.78, 5) is 28.1. The summed E-state index contributed by atoms with van der Waals surface area (Å²) in [5.41, 5.74) is 3.14. The van der Waals surface area contributed by atoms with Crippen LogP contribution in [0.5, 0.6) is 0 Å². The standard InChI is InChI=1S/C20H18Cl2N4O2S/c1-2-7-23-20(28)26-16-11-6-4-3-5-10(11)8-12(16)25-19(27)13-9-14-17(24-13)15(21)18(22)29-14/h2-6,9,12,16,24H,1,7-8H2,(H,25,27)(H2,23,26,28)/t12-,16+/m0/s1. The zero-order chi connectivity index (χ0) is 20.5. The van der Waals surface area contributed by atoms with E-state index in [4.69, 9.17) is 23.2 Å². The molecule has 2 aromatic heterocycles. The third-order valence-corrected chi connectivity index (χ3v) is 6.79. The summed E-state index contributed by atoms with van der Waals surface area (Å²) in [6, 6.07) is 8.63. The van der Waals surface area contributed by atoms with Crippen LogP contribution in [-0.4, -0.2) is 29.5 Å². The molecule has 4 N–H and O–H groups in total. The number of hydrogen-bond acceptors (Lipinski definition) is 3. The van der Waals surface area contributed by atoms with Gasteiger partial charge in [0.2, 0.25) is 0 Å². The molecule has 4 rings (SSSR count). The maximum Gasteiger partial charge on any atom is 0.315 e. The van der Waals surface area contributed by atoms with E-state index in [2.05, 4.69) is 27.5 Å². The van der Waals surface area contributed by atoms with Gasteiger partial charge in [-0.1, -0.05) is 53.5 Å². The van der Waals surface area contributed by atoms with Gasteiger partial charge in [0.25, 0.3) is 5.91 Å². The van der Waals surface area contributed by atoms with Crippen LogP contribution in [0.25, 0.3) is 10.2 Å². The Morgan fingerprint density at radius 1 is 1.28 bits per heavy atom. The molecule has 1 aliphatic rings. The Balaban J connectivity index is 1.54. The summed E-state index contributed by atoms with van der Waals surface area (Å²) >= 11 is 13.5. The molecule has 150 valence electrons. The minimum absolute atomic E-state index is 0.267. The van der Waals surface area contributed by atoms with Crippen LogP contribution in [0.3, 0.4) is 0 Å². The molecule has 3 aromatic rings. The molecule has 9 heteroatoms. The van der Waals surface area contributed by atoms with E-state index in [0.717, 1.165) is 15.8 Å². The molecule has 0 unspecified atom stereocenters. The molecule has 2 atom stereocenters. The van der Waals surface area contributed by atoms with E-state index in [1.54, 1.807) is 12.1 Å². The second-order valence-electron chi connectivity index (χ2n) is 6.72. The Kier molecular flexibility index (Phi) is 5.54. The van der Waals surface area contributed by atoms with Crippen molar-refractivity contribution >= 4 is 56.7 Å². The fraction of sp³-hybridized carbons (Fsp3) is 0.200. The van der Waals surface area contributed by atoms with E-state index < -0.39 is 0 Å². The summed E-state index contributed by atoms with van der Waals surface area (Å²) in [7, 11) is 0. The average molecular weight is 449 g/mol. The van der Waals surface area contributed by atoms with Gasteiger partial charge in [-0.15, -0.1) is 17.9 Å². The van der Waals surface area contributed by atoms with Gasteiger partial charge in [-0.25, -0.2) is 4.79 Å². The summed E-state index contributed by atoms with van der Waals surface area (Å²) in [6.07, 6.45) is 2.23. The Morgan fingerprint density at radius 3 is 2.83 bits per heavy atom. The van der Waals surface area contributed by atoms with E-state index in [-0.39, 0.29) is 24.0 Å². The van der Waals surface area contributed by atoms with Crippen LogP contribution in [0.1, 0.15) is 27.7 Å². The molecule has 3 amide bonds. The number of rotatable bonds is 5. The highest BCUT2D eigenvalue weighted by Gasteiger charge is 2.34. The monoisotopic (exact) mass is 448 g/mol. The number of hydrogen-bond donors (Lipinski definition) is 4. The third kappa shape index (κ3) is 3.85. The SMILES string of the molecule is C=CCNC(=O)N[C@@H]1c2ccccc2C[C@@H]1NC(=O)c1cc2sc(Cl)c(Cl)c2[nH]1. The molecule has 2 heterocycles. The smallest absolute Gasteiger partial charge is 0.315 e. The second-order valence-corrected chi connectivity index (χ2v) is 8.75. The Morgan fingerprint density at radius 2 is 2.07 bits per heavy atom. The third-order valence-electron chi connectivity index (χ3n) is 4.86. The number of thiophene rings is 1. The molecule has 1 aromatic carbocycles. The van der Waals surface area contributed by atoms with E-state index in [1.165, 1.54) is 11.3 Å². The van der Waals surface area contributed by atoms with E-state index in [1.807, 2.05) is 24.3 Å². The number of H-pyrrole nitrogens is 1. The van der Waals surface area contributed by atoms with E-state index >= 15 is 0 Å². The number of benzene rings is 1. The number of aromatic amines is 1. The number of aromatic nitrogens is 1. The summed E-state index contributed by atoms with van der Waals surface area (Å²) in [5.74, 6) is -0.267. The van der Waals surface area contributed by atoms with Gasteiger partial charge in [-0.3, -0.25) is 4.79 Å². The lowest BCUT2D eigenvalue weighted by Gasteiger charge is -2.23. The molecule has 0 aliphatic heterocycles. The number of halogens is 2. The maximum absolute atomic E-state index is 12.9. The quantitative estimate of drug-likeness (QED) is 0.435. The minimum atomic E-state index is -0.339. The van der Waals surface area contributed by atoms with Crippen molar-refractivity contribution in [2.75, 3.05) is 6.54 Å². The first-order valence-corrected chi connectivity index (χ1v) is 10.6. The van der Waals surface area contributed by atoms with Gasteiger partial charge in [0.15, 0.2) is 0 Å². The van der Waals surface area contributed by atoms with Crippen molar-refractivity contribution in [3.8, 4) is 0 Å². The van der Waals surface area contributed by atoms with Crippen molar-refractivity contribution in [2.24, 2.45) is 0 Å². The lowest BCUT2D eigenvalue weighted by molar-refractivity contribution is 0.0926. The highest BCUT2D eigenvalue weighted by Crippen LogP contribution is 2.39. The van der Waals surface area contributed by atoms with Crippen molar-refractivity contribution in [3.05, 3.63) is 69.2 Å². The molecule has 0 spiro atoms. The largest absolute Gasteiger partial charge is 0.349 e. The molecule has 29 heavy (non-hydrogen) atoms. The lowest BCUT2D eigenvalue weighted by atomic mass is 10.1. The minimum Gasteiger partial charge on any atom is -0.349 e. The predicted molar refractivity (Wildman–Crippen MR) is 117 cm³/mol. The average Bonchev–Trinajstić information content (AvgIpc) is 3.34. The van der Waals surface area contributed by atoms with Crippen molar-refractivity contribution in [2.45, 2.75) is 18.5 Å². The summed E-state index contributed by atoms with van der Waals surface area (Å²) in [6.45, 7) is 3.95. The predicted octanol–water partition coefficient (Wildman–Crippen LogP) is 4.42. The fourth-order valence-electron chi connectivity index (χ4n) is 3.55. The van der Waals surface area contributed by atoms with Crippen molar-refractivity contribution < 1.29 is 9.59 Å². The fourth-order valence-corrected chi connectivity index (χ4v) is 5.03. The first-order valence-electron chi connectivity index (χ1n) is 8.98. The van der Waals surface area contributed by atoms with Gasteiger partial charge in [0.05, 0.1) is 27.3 Å². The van der Waals surface area contributed by atoms with Gasteiger partial charge in [0.1, 0.15) is 10.0 Å². The molecule has 6 nitrogen and oxygen atoms in total. The summed E-state index contributed by atoms with van der Waals surface area (Å²) in [5, 5.41) is 9.11. The number of fused-ring (bicyclic) bond motifs is 2. The summed E-state index contributed by atoms with van der Waals surface area (Å²) < 4.78 is 1.30. The van der Waals surface area contributed by atoms with Gasteiger partial charge in [-0.05, 0) is 23.6 Å². The Labute approximate surface area is 181 Å². The van der Waals surface area contributed by atoms with Crippen LogP contribution in [0, 0.1) is 0 Å². The van der Waals surface area contributed by atoms with Crippen LogP contribution in [0.4, 0.5) is 4.79 Å². The number of carbonyl (C=O) groups excluding carboxylic acids is 2. The van der Waals surface area contributed by atoms with Crippen LogP contribution in [0.2, 0.25) is 9.36 Å². The van der Waals surface area contributed by atoms with Gasteiger partial charge >= 0.3 is 6.03 Å². The first kappa shape index (κ1) is 19.8. The molecule has 0 bridgehead atoms. The van der Waals surface area contributed by atoms with Gasteiger partial charge < -0.3 is 20.9 Å². The Bertz CT molecular complexity index is 1110. The van der Waals surface area contributed by atoms with Crippen LogP contribution in [0.15, 0.2) is 43.0 Å². The highest BCUT2D eigenvalue weighted by molar-refractivity contribution is 7.23. The van der Waals surface area contributed by atoms with Crippen molar-refractivity contribution in [1.82, 2.24) is 20.9 Å². The number of nitrogens with one attached hydrogen (secondary N) is 4. The number of amides is 3. The normalized spacial score (nSPS) is 17.7. The number of carbonyl (C=O) groups is 2. The number of urea groups is 1. The molecule has 0 fully saturated rings. The molecule has 1 aliphatic carbocycles. The second kappa shape index (κ2) is 8.10. The van der Waals surface area contributed by atoms with E-state index in [9.17, 15) is 9.59 Å². The molecular weight excluding hydrogens is 431 g/mol. The van der Waals surface area contributed by atoms with Crippen molar-refractivity contribution in [1.29, 1.82) is 0 Å². The first-order chi connectivity index (χ1) is 14.0. The van der Waals surface area contributed by atoms with Gasteiger partial charge in [-0.2, -0.15) is 0 Å². The maximum atomic E-state index is 12.9. The van der Waals surface area contributed by atoms with E-state index in [0.29, 0.717) is 33.5 Å².